The lowest BCUT2D eigenvalue weighted by molar-refractivity contribution is 0.379. The first-order valence-electron chi connectivity index (χ1n) is 5.47. The summed E-state index contributed by atoms with van der Waals surface area (Å²) >= 11 is 0. The largest absolute Gasteiger partial charge is 0.360 e. The highest BCUT2D eigenvalue weighted by Crippen LogP contribution is 2.19. The topological polar surface area (TPSA) is 143 Å². The molecule has 0 spiro atoms. The monoisotopic (exact) mass is 261 g/mol. The fourth-order valence-corrected chi connectivity index (χ4v) is 1.61. The zero-order valence-electron chi connectivity index (χ0n) is 10.0. The number of aromatic amines is 1. The van der Waals surface area contributed by atoms with Gasteiger partial charge in [0.05, 0.1) is 18.1 Å². The molecule has 0 radical (unpaired) electrons. The van der Waals surface area contributed by atoms with E-state index < -0.39 is 0 Å². The second kappa shape index (κ2) is 4.49. The first kappa shape index (κ1) is 11.3. The van der Waals surface area contributed by atoms with Crippen LogP contribution in [0.5, 0.6) is 0 Å². The summed E-state index contributed by atoms with van der Waals surface area (Å²) in [5, 5.41) is 14.2. The minimum Gasteiger partial charge on any atom is -0.360 e. The van der Waals surface area contributed by atoms with E-state index in [0.717, 1.165) is 5.39 Å². The number of nitrogens with zero attached hydrogens (tertiary/aromatic N) is 5. The number of aryl methyl sites for hydroxylation is 1. The van der Waals surface area contributed by atoms with Gasteiger partial charge in [0.1, 0.15) is 5.82 Å². The van der Waals surface area contributed by atoms with Crippen LogP contribution in [0.1, 0.15) is 11.7 Å². The van der Waals surface area contributed by atoms with E-state index in [4.69, 9.17) is 10.4 Å². The molecule has 0 aliphatic carbocycles. The fourth-order valence-electron chi connectivity index (χ4n) is 1.61. The van der Waals surface area contributed by atoms with Crippen molar-refractivity contribution in [2.45, 2.75) is 13.5 Å². The molecule has 0 saturated carbocycles. The Balaban J connectivity index is 1.88. The third kappa shape index (κ3) is 2.15. The second-order valence-corrected chi connectivity index (χ2v) is 3.76. The number of fused-ring (bicyclic) bond motifs is 1. The number of hydrazine groups is 1. The van der Waals surface area contributed by atoms with Crippen molar-refractivity contribution in [2.24, 2.45) is 5.84 Å². The number of nitrogens with one attached hydrogen (secondary N) is 3. The Morgan fingerprint density at radius 1 is 1.37 bits per heavy atom. The molecular weight excluding hydrogens is 250 g/mol. The summed E-state index contributed by atoms with van der Waals surface area (Å²) in [6.45, 7) is 2.10. The van der Waals surface area contributed by atoms with Crippen LogP contribution >= 0.6 is 0 Å². The van der Waals surface area contributed by atoms with E-state index in [1.807, 2.05) is 0 Å². The van der Waals surface area contributed by atoms with Gasteiger partial charge in [-0.2, -0.15) is 20.1 Å². The Kier molecular flexibility index (Phi) is 2.68. The molecule has 10 nitrogen and oxygen atoms in total. The number of hydrogen-bond acceptors (Lipinski definition) is 9. The average Bonchev–Trinajstić information content (AvgIpc) is 3.04. The summed E-state index contributed by atoms with van der Waals surface area (Å²) in [5.41, 5.74) is 2.97. The molecule has 0 aromatic carbocycles. The maximum atomic E-state index is 5.31. The molecule has 0 fully saturated rings. The summed E-state index contributed by atoms with van der Waals surface area (Å²) in [5.74, 6) is 7.21. The lowest BCUT2D eigenvalue weighted by atomic mass is 10.4. The van der Waals surface area contributed by atoms with Gasteiger partial charge >= 0.3 is 0 Å². The maximum Gasteiger partial charge on any atom is 0.245 e. The predicted octanol–water partition coefficient (Wildman–Crippen LogP) is -0.0580. The molecule has 5 N–H and O–H groups in total. The fraction of sp³-hybridized carbons (Fsp3) is 0.222. The smallest absolute Gasteiger partial charge is 0.245 e. The van der Waals surface area contributed by atoms with Crippen LogP contribution in [0.2, 0.25) is 0 Å². The van der Waals surface area contributed by atoms with Crippen LogP contribution in [0.15, 0.2) is 10.7 Å². The highest BCUT2D eigenvalue weighted by molar-refractivity contribution is 5.86. The first-order chi connectivity index (χ1) is 9.26. The summed E-state index contributed by atoms with van der Waals surface area (Å²) in [7, 11) is 0. The molecule has 3 aromatic rings. The highest BCUT2D eigenvalue weighted by atomic mass is 16.5. The van der Waals surface area contributed by atoms with E-state index in [1.54, 1.807) is 13.1 Å². The summed E-state index contributed by atoms with van der Waals surface area (Å²) in [6, 6.07) is 0. The predicted molar refractivity (Wildman–Crippen MR) is 65.9 cm³/mol. The molecule has 0 bridgehead atoms. The lowest BCUT2D eigenvalue weighted by Crippen LogP contribution is -2.12. The lowest BCUT2D eigenvalue weighted by Gasteiger charge is -2.05. The second-order valence-electron chi connectivity index (χ2n) is 3.76. The molecule has 0 aliphatic heterocycles. The number of aromatic nitrogens is 6. The SMILES string of the molecule is Cc1noc(CNc2nc(NN)nc3[nH]ncc23)n1. The third-order valence-corrected chi connectivity index (χ3v) is 2.42. The zero-order valence-corrected chi connectivity index (χ0v) is 10.0. The minimum atomic E-state index is 0.279. The summed E-state index contributed by atoms with van der Waals surface area (Å²) in [4.78, 5) is 12.4. The third-order valence-electron chi connectivity index (χ3n) is 2.42. The Morgan fingerprint density at radius 2 is 2.26 bits per heavy atom. The molecule has 0 saturated heterocycles. The van der Waals surface area contributed by atoms with E-state index in [1.165, 1.54) is 0 Å². The molecule has 0 aliphatic rings. The van der Waals surface area contributed by atoms with Gasteiger partial charge in [0.15, 0.2) is 11.5 Å². The van der Waals surface area contributed by atoms with Crippen LogP contribution in [0.4, 0.5) is 11.8 Å². The van der Waals surface area contributed by atoms with Gasteiger partial charge in [-0.15, -0.1) is 0 Å². The molecular formula is C9H11N9O. The van der Waals surface area contributed by atoms with Crippen molar-refractivity contribution in [3.8, 4) is 0 Å². The number of nitrogens with two attached hydrogens (primary N) is 1. The van der Waals surface area contributed by atoms with Crippen molar-refractivity contribution in [3.05, 3.63) is 17.9 Å². The van der Waals surface area contributed by atoms with E-state index in [9.17, 15) is 0 Å². The van der Waals surface area contributed by atoms with Crippen LogP contribution < -0.4 is 16.6 Å². The van der Waals surface area contributed by atoms with Gasteiger partial charge in [-0.25, -0.2) is 5.84 Å². The molecule has 3 rings (SSSR count). The molecule has 19 heavy (non-hydrogen) atoms. The van der Waals surface area contributed by atoms with Gasteiger partial charge in [-0.1, -0.05) is 5.16 Å². The average molecular weight is 261 g/mol. The van der Waals surface area contributed by atoms with Crippen LogP contribution in [0.3, 0.4) is 0 Å². The normalized spacial score (nSPS) is 10.8. The van der Waals surface area contributed by atoms with Crippen LogP contribution in [0, 0.1) is 6.92 Å². The molecule has 0 atom stereocenters. The Labute approximate surface area is 106 Å². The van der Waals surface area contributed by atoms with Crippen molar-refractivity contribution in [1.29, 1.82) is 0 Å². The summed E-state index contributed by atoms with van der Waals surface area (Å²) in [6.07, 6.45) is 1.62. The van der Waals surface area contributed by atoms with E-state index in [2.05, 4.69) is 41.0 Å². The Morgan fingerprint density at radius 3 is 3.00 bits per heavy atom. The zero-order chi connectivity index (χ0) is 13.2. The quantitative estimate of drug-likeness (QED) is 0.375. The Bertz CT molecular complexity index is 703. The van der Waals surface area contributed by atoms with Crippen LogP contribution in [-0.2, 0) is 6.54 Å². The van der Waals surface area contributed by atoms with Crippen molar-refractivity contribution in [1.82, 2.24) is 30.3 Å². The molecule has 10 heteroatoms. The maximum absolute atomic E-state index is 5.31. The standard InChI is InChI=1S/C9H11N9O/c1-4-13-6(19-18-4)3-11-7-5-2-12-17-8(5)15-9(14-7)16-10/h2H,3,10H2,1H3,(H3,11,12,14,15,16,17). The first-order valence-corrected chi connectivity index (χ1v) is 5.47. The molecule has 3 aromatic heterocycles. The number of anilines is 2. The van der Waals surface area contributed by atoms with Gasteiger partial charge in [0, 0.05) is 0 Å². The Hall–Kier alpha value is -2.75. The highest BCUT2D eigenvalue weighted by Gasteiger charge is 2.10. The molecule has 3 heterocycles. The van der Waals surface area contributed by atoms with Gasteiger partial charge in [0.2, 0.25) is 11.8 Å². The van der Waals surface area contributed by atoms with Crippen molar-refractivity contribution in [2.75, 3.05) is 10.7 Å². The molecule has 0 amide bonds. The molecule has 0 unspecified atom stereocenters. The van der Waals surface area contributed by atoms with Gasteiger partial charge in [0.25, 0.3) is 0 Å². The van der Waals surface area contributed by atoms with Gasteiger partial charge < -0.3 is 9.84 Å². The summed E-state index contributed by atoms with van der Waals surface area (Å²) < 4.78 is 5.01. The minimum absolute atomic E-state index is 0.279. The number of hydrogen-bond donors (Lipinski definition) is 4. The van der Waals surface area contributed by atoms with Crippen LogP contribution in [-0.4, -0.2) is 30.3 Å². The van der Waals surface area contributed by atoms with E-state index in [0.29, 0.717) is 29.7 Å². The number of nitrogen functional groups attached to an aromatic ring is 1. The van der Waals surface area contributed by atoms with E-state index >= 15 is 0 Å². The van der Waals surface area contributed by atoms with Crippen molar-refractivity contribution >= 4 is 22.8 Å². The number of rotatable bonds is 4. The number of H-pyrrole nitrogens is 1. The van der Waals surface area contributed by atoms with Crippen molar-refractivity contribution < 1.29 is 4.52 Å². The molecule has 98 valence electrons. The van der Waals surface area contributed by atoms with Gasteiger partial charge in [-0.05, 0) is 6.92 Å². The van der Waals surface area contributed by atoms with Crippen molar-refractivity contribution in [3.63, 3.8) is 0 Å². The van der Waals surface area contributed by atoms with Gasteiger partial charge in [-0.3, -0.25) is 10.5 Å². The van der Waals surface area contributed by atoms with Crippen LogP contribution in [0.25, 0.3) is 11.0 Å². The van der Waals surface area contributed by atoms with E-state index in [-0.39, 0.29) is 5.95 Å².